The fourth-order valence-corrected chi connectivity index (χ4v) is 0.419. The lowest BCUT2D eigenvalue weighted by atomic mass is 10.2. The Morgan fingerprint density at radius 2 is 2.25 bits per heavy atom. The predicted octanol–water partition coefficient (Wildman–Crippen LogP) is 1.82. The largest absolute Gasteiger partial charge is 0.402 e. The van der Waals surface area contributed by atoms with E-state index < -0.39 is 0 Å². The highest BCUT2D eigenvalue weighted by Gasteiger charge is 1.81. The van der Waals surface area contributed by atoms with Crippen molar-refractivity contribution in [1.82, 2.24) is 0 Å². The van der Waals surface area contributed by atoms with E-state index in [0.717, 1.165) is 17.7 Å². The minimum Gasteiger partial charge on any atom is -0.402 e. The number of rotatable bonds is 2. The SMILES string of the molecule is C=C(C)/C=C(/N)CC. The smallest absolute Gasteiger partial charge is 0.00801 e. The zero-order valence-electron chi connectivity index (χ0n) is 5.57. The predicted molar refractivity (Wildman–Crippen MR) is 37.4 cm³/mol. The molecule has 0 saturated heterocycles. The maximum absolute atomic E-state index is 5.47. The molecule has 46 valence electrons. The van der Waals surface area contributed by atoms with Crippen molar-refractivity contribution < 1.29 is 0 Å². The first-order valence-electron chi connectivity index (χ1n) is 2.78. The first-order valence-corrected chi connectivity index (χ1v) is 2.78. The van der Waals surface area contributed by atoms with E-state index in [9.17, 15) is 0 Å². The molecule has 0 atom stereocenters. The maximum atomic E-state index is 5.47. The highest BCUT2D eigenvalue weighted by Crippen LogP contribution is 1.95. The van der Waals surface area contributed by atoms with Gasteiger partial charge in [0.25, 0.3) is 0 Å². The third kappa shape index (κ3) is 3.47. The molecule has 0 spiro atoms. The quantitative estimate of drug-likeness (QED) is 0.540. The molecule has 0 aliphatic heterocycles. The molecule has 0 radical (unpaired) electrons. The van der Waals surface area contributed by atoms with Crippen LogP contribution >= 0.6 is 0 Å². The van der Waals surface area contributed by atoms with Gasteiger partial charge in [0.1, 0.15) is 0 Å². The fourth-order valence-electron chi connectivity index (χ4n) is 0.419. The Kier molecular flexibility index (Phi) is 3.01. The molecule has 0 rings (SSSR count). The van der Waals surface area contributed by atoms with Crippen LogP contribution in [-0.2, 0) is 0 Å². The summed E-state index contributed by atoms with van der Waals surface area (Å²) in [4.78, 5) is 0. The lowest BCUT2D eigenvalue weighted by molar-refractivity contribution is 1.06. The molecule has 2 N–H and O–H groups in total. The van der Waals surface area contributed by atoms with Crippen molar-refractivity contribution in [2.45, 2.75) is 20.3 Å². The van der Waals surface area contributed by atoms with Crippen molar-refractivity contribution in [3.8, 4) is 0 Å². The number of nitrogens with two attached hydrogens (primary N) is 1. The number of hydrogen-bond donors (Lipinski definition) is 1. The zero-order chi connectivity index (χ0) is 6.57. The third-order valence-electron chi connectivity index (χ3n) is 0.840. The topological polar surface area (TPSA) is 26.0 Å². The zero-order valence-corrected chi connectivity index (χ0v) is 5.57. The monoisotopic (exact) mass is 111 g/mol. The van der Waals surface area contributed by atoms with Crippen LogP contribution in [0.2, 0.25) is 0 Å². The molecule has 1 heteroatoms. The summed E-state index contributed by atoms with van der Waals surface area (Å²) >= 11 is 0. The lowest BCUT2D eigenvalue weighted by Gasteiger charge is -1.92. The molecular formula is C7H13N. The third-order valence-corrected chi connectivity index (χ3v) is 0.840. The van der Waals surface area contributed by atoms with Gasteiger partial charge in [-0.2, -0.15) is 0 Å². The standard InChI is InChI=1S/C7H13N/c1-4-7(8)5-6(2)3/h5H,2,4,8H2,1,3H3/b7-5+. The van der Waals surface area contributed by atoms with Crippen LogP contribution in [0.1, 0.15) is 20.3 Å². The van der Waals surface area contributed by atoms with Gasteiger partial charge >= 0.3 is 0 Å². The fraction of sp³-hybridized carbons (Fsp3) is 0.429. The van der Waals surface area contributed by atoms with Gasteiger partial charge < -0.3 is 5.73 Å². The van der Waals surface area contributed by atoms with E-state index in [0.29, 0.717) is 0 Å². The Balaban J connectivity index is 3.75. The van der Waals surface area contributed by atoms with Crippen molar-refractivity contribution in [3.05, 3.63) is 23.9 Å². The van der Waals surface area contributed by atoms with E-state index >= 15 is 0 Å². The van der Waals surface area contributed by atoms with Gasteiger partial charge in [0, 0.05) is 5.70 Å². The Morgan fingerprint density at radius 3 is 2.38 bits per heavy atom. The van der Waals surface area contributed by atoms with E-state index in [4.69, 9.17) is 5.73 Å². The van der Waals surface area contributed by atoms with Crippen LogP contribution in [-0.4, -0.2) is 0 Å². The van der Waals surface area contributed by atoms with Gasteiger partial charge in [-0.3, -0.25) is 0 Å². The van der Waals surface area contributed by atoms with Crippen LogP contribution in [0.4, 0.5) is 0 Å². The molecule has 0 aromatic heterocycles. The average Bonchev–Trinajstić information content (AvgIpc) is 1.65. The van der Waals surface area contributed by atoms with Crippen LogP contribution < -0.4 is 5.73 Å². The van der Waals surface area contributed by atoms with E-state index in [2.05, 4.69) is 6.58 Å². The van der Waals surface area contributed by atoms with Gasteiger partial charge in [0.05, 0.1) is 0 Å². The number of allylic oxidation sites excluding steroid dienone is 3. The second kappa shape index (κ2) is 3.30. The molecule has 0 unspecified atom stereocenters. The summed E-state index contributed by atoms with van der Waals surface area (Å²) in [6.45, 7) is 7.64. The second-order valence-electron chi connectivity index (χ2n) is 1.92. The van der Waals surface area contributed by atoms with Gasteiger partial charge in [-0.05, 0) is 19.4 Å². The molecule has 0 bridgehead atoms. The van der Waals surface area contributed by atoms with Crippen LogP contribution in [0.5, 0.6) is 0 Å². The molecule has 0 aromatic rings. The van der Waals surface area contributed by atoms with Crippen LogP contribution in [0, 0.1) is 0 Å². The molecule has 0 aliphatic carbocycles. The van der Waals surface area contributed by atoms with Crippen molar-refractivity contribution in [2.24, 2.45) is 5.73 Å². The Labute approximate surface area is 50.9 Å². The first-order chi connectivity index (χ1) is 3.66. The van der Waals surface area contributed by atoms with E-state index in [1.54, 1.807) is 0 Å². The lowest BCUT2D eigenvalue weighted by Crippen LogP contribution is -1.93. The van der Waals surface area contributed by atoms with Gasteiger partial charge in [0.15, 0.2) is 0 Å². The summed E-state index contributed by atoms with van der Waals surface area (Å²) in [6, 6.07) is 0. The molecule has 1 nitrogen and oxygen atoms in total. The van der Waals surface area contributed by atoms with Crippen LogP contribution in [0.25, 0.3) is 0 Å². The summed E-state index contributed by atoms with van der Waals surface area (Å²) in [5, 5.41) is 0. The summed E-state index contributed by atoms with van der Waals surface area (Å²) < 4.78 is 0. The van der Waals surface area contributed by atoms with Gasteiger partial charge in [-0.15, -0.1) is 0 Å². The average molecular weight is 111 g/mol. The molecule has 0 heterocycles. The Morgan fingerprint density at radius 1 is 1.75 bits per heavy atom. The molecule has 0 aliphatic rings. The van der Waals surface area contributed by atoms with Crippen LogP contribution in [0.3, 0.4) is 0 Å². The van der Waals surface area contributed by atoms with E-state index in [1.165, 1.54) is 0 Å². The van der Waals surface area contributed by atoms with Gasteiger partial charge in [-0.25, -0.2) is 0 Å². The highest BCUT2D eigenvalue weighted by atomic mass is 14.6. The molecule has 0 aromatic carbocycles. The summed E-state index contributed by atoms with van der Waals surface area (Å²) in [5.74, 6) is 0. The van der Waals surface area contributed by atoms with E-state index in [1.807, 2.05) is 19.9 Å². The van der Waals surface area contributed by atoms with Gasteiger partial charge in [-0.1, -0.05) is 19.1 Å². The summed E-state index contributed by atoms with van der Waals surface area (Å²) in [7, 11) is 0. The van der Waals surface area contributed by atoms with Gasteiger partial charge in [0.2, 0.25) is 0 Å². The minimum absolute atomic E-state index is 0.900. The van der Waals surface area contributed by atoms with Crippen LogP contribution in [0.15, 0.2) is 23.9 Å². The number of hydrogen-bond acceptors (Lipinski definition) is 1. The minimum atomic E-state index is 0.900. The normalized spacial score (nSPS) is 11.5. The highest BCUT2D eigenvalue weighted by molar-refractivity contribution is 5.15. The molecule has 0 saturated carbocycles. The summed E-state index contributed by atoms with van der Waals surface area (Å²) in [6.07, 6.45) is 2.80. The first kappa shape index (κ1) is 7.28. The molecular weight excluding hydrogens is 98.1 g/mol. The Hall–Kier alpha value is -0.720. The summed E-state index contributed by atoms with van der Waals surface area (Å²) in [5.41, 5.74) is 7.39. The van der Waals surface area contributed by atoms with Crippen molar-refractivity contribution in [1.29, 1.82) is 0 Å². The maximum Gasteiger partial charge on any atom is 0.00801 e. The Bertz CT molecular complexity index is 112. The molecule has 8 heavy (non-hydrogen) atoms. The van der Waals surface area contributed by atoms with E-state index in [-0.39, 0.29) is 0 Å². The van der Waals surface area contributed by atoms with Crippen molar-refractivity contribution in [2.75, 3.05) is 0 Å². The van der Waals surface area contributed by atoms with Crippen molar-refractivity contribution in [3.63, 3.8) is 0 Å². The molecule has 0 amide bonds. The molecule has 0 fully saturated rings. The van der Waals surface area contributed by atoms with Crippen molar-refractivity contribution >= 4 is 0 Å². The second-order valence-corrected chi connectivity index (χ2v) is 1.92.